The van der Waals surface area contributed by atoms with Gasteiger partial charge in [-0.25, -0.2) is 0 Å². The van der Waals surface area contributed by atoms with Crippen LogP contribution in [0.5, 0.6) is 0 Å². The van der Waals surface area contributed by atoms with Crippen LogP contribution in [0, 0.1) is 6.92 Å². The second-order valence-corrected chi connectivity index (χ2v) is 9.76. The third kappa shape index (κ3) is 3.20. The van der Waals surface area contributed by atoms with Gasteiger partial charge in [-0.1, -0.05) is 96.2 Å². The molecule has 2 aromatic carbocycles. The van der Waals surface area contributed by atoms with Crippen LogP contribution in [-0.4, -0.2) is 22.3 Å². The highest BCUT2D eigenvalue weighted by atomic mass is 35.5. The minimum absolute atomic E-state index is 0.0101. The molecule has 2 aromatic rings. The number of rotatable bonds is 4. The van der Waals surface area contributed by atoms with Gasteiger partial charge >= 0.3 is 0 Å². The minimum Gasteiger partial charge on any atom is -0.369 e. The van der Waals surface area contributed by atoms with Crippen LogP contribution in [0.4, 0.5) is 0 Å². The van der Waals surface area contributed by atoms with E-state index in [9.17, 15) is 4.79 Å². The molecule has 0 bridgehead atoms. The molecule has 0 saturated heterocycles. The standard InChI is InChI=1S/C24H26Cl2O2/c1-16-12-14-18(15-13-16)23(2)21(27)24(25,26)22(23)28-20-11-7-6-10-19(20)17-8-4-3-5-9-17/h3-5,8-9,12-15,19-20,22H,6-7,10-11H2,1-2H3/t19-,20+,22+,23-/m1/s1. The van der Waals surface area contributed by atoms with Crippen LogP contribution in [0.15, 0.2) is 54.6 Å². The molecule has 2 aliphatic rings. The highest BCUT2D eigenvalue weighted by Gasteiger charge is 2.70. The normalized spacial score (nSPS) is 32.0. The van der Waals surface area contributed by atoms with Crippen molar-refractivity contribution in [1.82, 2.24) is 0 Å². The summed E-state index contributed by atoms with van der Waals surface area (Å²) in [7, 11) is 0. The average Bonchev–Trinajstić information content (AvgIpc) is 2.72. The Kier molecular flexibility index (Phi) is 5.33. The van der Waals surface area contributed by atoms with Gasteiger partial charge < -0.3 is 4.74 Å². The molecule has 0 radical (unpaired) electrons. The molecule has 2 nitrogen and oxygen atoms in total. The molecule has 148 valence electrons. The van der Waals surface area contributed by atoms with Crippen molar-refractivity contribution in [3.63, 3.8) is 0 Å². The molecule has 4 atom stereocenters. The third-order valence-electron chi connectivity index (χ3n) is 6.52. The monoisotopic (exact) mass is 416 g/mol. The molecule has 0 spiro atoms. The second-order valence-electron chi connectivity index (χ2n) is 8.38. The zero-order valence-corrected chi connectivity index (χ0v) is 17.8. The minimum atomic E-state index is -1.50. The zero-order chi connectivity index (χ0) is 19.9. The Bertz CT molecular complexity index is 847. The number of Topliss-reactive ketones (excluding diaryl/α,β-unsaturated/α-hetero) is 1. The molecule has 2 aliphatic carbocycles. The van der Waals surface area contributed by atoms with Crippen molar-refractivity contribution in [2.24, 2.45) is 0 Å². The molecule has 0 aromatic heterocycles. The van der Waals surface area contributed by atoms with Crippen molar-refractivity contribution in [3.05, 3.63) is 71.3 Å². The number of ether oxygens (including phenoxy) is 1. The number of benzene rings is 2. The van der Waals surface area contributed by atoms with Gasteiger partial charge in [0.2, 0.25) is 4.33 Å². The molecule has 28 heavy (non-hydrogen) atoms. The lowest BCUT2D eigenvalue weighted by Gasteiger charge is -2.54. The summed E-state index contributed by atoms with van der Waals surface area (Å²) in [6.07, 6.45) is 3.79. The van der Waals surface area contributed by atoms with E-state index in [1.165, 1.54) is 12.0 Å². The lowest BCUT2D eigenvalue weighted by molar-refractivity contribution is -0.162. The van der Waals surface area contributed by atoms with E-state index in [1.54, 1.807) is 0 Å². The van der Waals surface area contributed by atoms with Gasteiger partial charge in [0.15, 0.2) is 5.78 Å². The van der Waals surface area contributed by atoms with Crippen molar-refractivity contribution < 1.29 is 9.53 Å². The Labute approximate surface area is 177 Å². The predicted molar refractivity (Wildman–Crippen MR) is 114 cm³/mol. The molecule has 0 aliphatic heterocycles. The summed E-state index contributed by atoms with van der Waals surface area (Å²) in [6.45, 7) is 3.94. The number of hydrogen-bond donors (Lipinski definition) is 0. The summed E-state index contributed by atoms with van der Waals surface area (Å²) < 4.78 is 5.09. The van der Waals surface area contributed by atoms with Gasteiger partial charge in [-0.05, 0) is 37.8 Å². The molecule has 0 unspecified atom stereocenters. The number of carbonyl (C=O) groups excluding carboxylic acids is 1. The number of ketones is 1. The van der Waals surface area contributed by atoms with Crippen molar-refractivity contribution >= 4 is 29.0 Å². The van der Waals surface area contributed by atoms with Crippen LogP contribution in [-0.2, 0) is 14.9 Å². The SMILES string of the molecule is Cc1ccc([C@]2(C)C(=O)C(Cl)(Cl)[C@H]2O[C@H]2CCCC[C@@H]2c2ccccc2)cc1. The second kappa shape index (κ2) is 7.48. The number of aryl methyl sites for hydroxylation is 1. The highest BCUT2D eigenvalue weighted by Crippen LogP contribution is 2.56. The van der Waals surface area contributed by atoms with Gasteiger partial charge in [-0.2, -0.15) is 0 Å². The summed E-state index contributed by atoms with van der Waals surface area (Å²) in [4.78, 5) is 13.0. The Morgan fingerprint density at radius 3 is 2.29 bits per heavy atom. The molecule has 4 rings (SSSR count). The number of alkyl halides is 2. The van der Waals surface area contributed by atoms with Crippen LogP contribution in [0.3, 0.4) is 0 Å². The average molecular weight is 417 g/mol. The lowest BCUT2D eigenvalue weighted by Crippen LogP contribution is -2.72. The van der Waals surface area contributed by atoms with Gasteiger partial charge in [0, 0.05) is 5.92 Å². The van der Waals surface area contributed by atoms with E-state index in [4.69, 9.17) is 27.9 Å². The molecule has 2 saturated carbocycles. The molecule has 0 amide bonds. The zero-order valence-electron chi connectivity index (χ0n) is 16.3. The number of halogens is 2. The summed E-state index contributed by atoms with van der Waals surface area (Å²) in [5, 5.41) is 0. The first-order valence-corrected chi connectivity index (χ1v) is 10.8. The smallest absolute Gasteiger partial charge is 0.203 e. The lowest BCUT2D eigenvalue weighted by atomic mass is 9.61. The van der Waals surface area contributed by atoms with Crippen molar-refractivity contribution in [3.8, 4) is 0 Å². The first-order valence-electron chi connectivity index (χ1n) is 10.1. The van der Waals surface area contributed by atoms with E-state index in [0.29, 0.717) is 5.92 Å². The molecule has 0 heterocycles. The van der Waals surface area contributed by atoms with Crippen LogP contribution < -0.4 is 0 Å². The fourth-order valence-electron chi connectivity index (χ4n) is 4.79. The Hall–Kier alpha value is -1.35. The van der Waals surface area contributed by atoms with Crippen LogP contribution in [0.2, 0.25) is 0 Å². The van der Waals surface area contributed by atoms with Gasteiger partial charge in [-0.3, -0.25) is 4.79 Å². The fraction of sp³-hybridized carbons (Fsp3) is 0.458. The van der Waals surface area contributed by atoms with Crippen molar-refractivity contribution in [2.75, 3.05) is 0 Å². The van der Waals surface area contributed by atoms with E-state index >= 15 is 0 Å². The topological polar surface area (TPSA) is 26.3 Å². The fourth-order valence-corrected chi connectivity index (χ4v) is 5.72. The predicted octanol–water partition coefficient (Wildman–Crippen LogP) is 6.12. The maximum Gasteiger partial charge on any atom is 0.203 e. The van der Waals surface area contributed by atoms with E-state index in [0.717, 1.165) is 30.4 Å². The first-order chi connectivity index (χ1) is 13.3. The number of hydrogen-bond acceptors (Lipinski definition) is 2. The summed E-state index contributed by atoms with van der Waals surface area (Å²) in [5.74, 6) is 0.126. The highest BCUT2D eigenvalue weighted by molar-refractivity contribution is 6.62. The first kappa shape index (κ1) is 19.9. The van der Waals surface area contributed by atoms with E-state index in [-0.39, 0.29) is 11.9 Å². The van der Waals surface area contributed by atoms with Crippen molar-refractivity contribution in [1.29, 1.82) is 0 Å². The van der Waals surface area contributed by atoms with E-state index in [2.05, 4.69) is 24.3 Å². The van der Waals surface area contributed by atoms with Crippen LogP contribution >= 0.6 is 23.2 Å². The quantitative estimate of drug-likeness (QED) is 0.560. The molecule has 0 N–H and O–H groups in total. The van der Waals surface area contributed by atoms with Crippen molar-refractivity contribution in [2.45, 2.75) is 67.4 Å². The van der Waals surface area contributed by atoms with Gasteiger partial charge in [-0.15, -0.1) is 0 Å². The Balaban J connectivity index is 1.64. The molecular formula is C24H26Cl2O2. The third-order valence-corrected chi connectivity index (χ3v) is 7.26. The summed E-state index contributed by atoms with van der Waals surface area (Å²) in [5.41, 5.74) is 2.52. The molecular weight excluding hydrogens is 391 g/mol. The van der Waals surface area contributed by atoms with Gasteiger partial charge in [0.25, 0.3) is 0 Å². The summed E-state index contributed by atoms with van der Waals surface area (Å²) in [6, 6.07) is 18.5. The summed E-state index contributed by atoms with van der Waals surface area (Å²) >= 11 is 13.0. The number of carbonyl (C=O) groups is 1. The molecule has 4 heteroatoms. The molecule has 2 fully saturated rings. The maximum atomic E-state index is 13.0. The van der Waals surface area contributed by atoms with Crippen LogP contribution in [0.25, 0.3) is 0 Å². The Morgan fingerprint density at radius 1 is 0.964 bits per heavy atom. The van der Waals surface area contributed by atoms with Crippen LogP contribution in [0.1, 0.15) is 55.2 Å². The maximum absolute atomic E-state index is 13.0. The van der Waals surface area contributed by atoms with Gasteiger partial charge in [0.1, 0.15) is 6.10 Å². The largest absolute Gasteiger partial charge is 0.369 e. The Morgan fingerprint density at radius 2 is 1.61 bits per heavy atom. The van der Waals surface area contributed by atoms with E-state index in [1.807, 2.05) is 44.2 Å². The van der Waals surface area contributed by atoms with E-state index < -0.39 is 15.9 Å². The van der Waals surface area contributed by atoms with Gasteiger partial charge in [0.05, 0.1) is 11.5 Å².